The second-order valence-corrected chi connectivity index (χ2v) is 5.54. The number of hydrogen-bond donors (Lipinski definition) is 1. The molecule has 3 nitrogen and oxygen atoms in total. The third kappa shape index (κ3) is 3.43. The number of hydrogen-bond acceptors (Lipinski definition) is 3. The third-order valence-electron chi connectivity index (χ3n) is 4.33. The molecule has 2 fully saturated rings. The third-order valence-corrected chi connectivity index (χ3v) is 4.33. The van der Waals surface area contributed by atoms with E-state index in [1.807, 2.05) is 6.92 Å². The fourth-order valence-corrected chi connectivity index (χ4v) is 3.09. The molecule has 3 heteroatoms. The lowest BCUT2D eigenvalue weighted by Crippen LogP contribution is -2.47. The minimum atomic E-state index is -0.156. The first-order valence-electron chi connectivity index (χ1n) is 7.15. The maximum Gasteiger partial charge on any atom is 0.0686 e. The largest absolute Gasteiger partial charge is 0.393 e. The molecule has 0 amide bonds. The topological polar surface area (TPSA) is 38.7 Å². The van der Waals surface area contributed by atoms with Gasteiger partial charge in [-0.25, -0.2) is 0 Å². The summed E-state index contributed by atoms with van der Waals surface area (Å²) in [6.45, 7) is 4.40. The van der Waals surface area contributed by atoms with Crippen LogP contribution < -0.4 is 0 Å². The van der Waals surface area contributed by atoms with Crippen LogP contribution in [0.25, 0.3) is 0 Å². The second-order valence-electron chi connectivity index (χ2n) is 5.54. The molecule has 17 heavy (non-hydrogen) atoms. The molecule has 1 spiro atoms. The van der Waals surface area contributed by atoms with Gasteiger partial charge in [0.05, 0.1) is 11.7 Å². The molecule has 1 aliphatic heterocycles. The van der Waals surface area contributed by atoms with Gasteiger partial charge in [-0.3, -0.25) is 0 Å². The van der Waals surface area contributed by atoms with E-state index in [2.05, 4.69) is 0 Å². The van der Waals surface area contributed by atoms with Crippen molar-refractivity contribution in [3.63, 3.8) is 0 Å². The number of rotatable bonds is 6. The quantitative estimate of drug-likeness (QED) is 0.727. The van der Waals surface area contributed by atoms with Crippen LogP contribution in [-0.4, -0.2) is 36.6 Å². The summed E-state index contributed by atoms with van der Waals surface area (Å²) in [6.07, 6.45) is 7.50. The SMILES string of the molecule is CCOCCCC(O)C1CCOC2(CCC2)C1. The molecule has 2 atom stereocenters. The van der Waals surface area contributed by atoms with Crippen molar-refractivity contribution in [3.05, 3.63) is 0 Å². The monoisotopic (exact) mass is 242 g/mol. The Morgan fingerprint density at radius 2 is 2.29 bits per heavy atom. The molecular weight excluding hydrogens is 216 g/mol. The van der Waals surface area contributed by atoms with Gasteiger partial charge in [-0.2, -0.15) is 0 Å². The van der Waals surface area contributed by atoms with E-state index in [9.17, 15) is 5.11 Å². The lowest BCUT2D eigenvalue weighted by atomic mass is 9.70. The van der Waals surface area contributed by atoms with Crippen molar-refractivity contribution in [2.75, 3.05) is 19.8 Å². The molecule has 2 rings (SSSR count). The Labute approximate surface area is 104 Å². The summed E-state index contributed by atoms with van der Waals surface area (Å²) in [5.74, 6) is 0.450. The van der Waals surface area contributed by atoms with Crippen LogP contribution in [0.2, 0.25) is 0 Å². The predicted octanol–water partition coefficient (Wildman–Crippen LogP) is 2.51. The van der Waals surface area contributed by atoms with E-state index >= 15 is 0 Å². The van der Waals surface area contributed by atoms with Gasteiger partial charge in [0.2, 0.25) is 0 Å². The lowest BCUT2D eigenvalue weighted by molar-refractivity contribution is -0.157. The van der Waals surface area contributed by atoms with Gasteiger partial charge in [-0.1, -0.05) is 0 Å². The Morgan fingerprint density at radius 1 is 1.47 bits per heavy atom. The van der Waals surface area contributed by atoms with Crippen molar-refractivity contribution in [3.8, 4) is 0 Å². The highest BCUT2D eigenvalue weighted by Crippen LogP contribution is 2.45. The van der Waals surface area contributed by atoms with Gasteiger partial charge in [0.25, 0.3) is 0 Å². The standard InChI is InChI=1S/C14H26O3/c1-2-16-9-3-5-13(15)12-6-10-17-14(11-12)7-4-8-14/h12-13,15H,2-11H2,1H3. The highest BCUT2D eigenvalue weighted by atomic mass is 16.5. The van der Waals surface area contributed by atoms with Crippen LogP contribution >= 0.6 is 0 Å². The zero-order valence-corrected chi connectivity index (χ0v) is 11.0. The molecule has 1 saturated heterocycles. The lowest BCUT2D eigenvalue weighted by Gasteiger charge is -2.48. The van der Waals surface area contributed by atoms with Crippen molar-refractivity contribution in [1.82, 2.24) is 0 Å². The number of aliphatic hydroxyl groups excluding tert-OH is 1. The van der Waals surface area contributed by atoms with Crippen molar-refractivity contribution in [2.45, 2.75) is 63.6 Å². The summed E-state index contributed by atoms with van der Waals surface area (Å²) in [6, 6.07) is 0. The summed E-state index contributed by atoms with van der Waals surface area (Å²) in [5.41, 5.74) is 0.157. The average molecular weight is 242 g/mol. The molecule has 1 aliphatic carbocycles. The van der Waals surface area contributed by atoms with Gasteiger partial charge in [0.15, 0.2) is 0 Å². The maximum atomic E-state index is 10.2. The Hall–Kier alpha value is -0.120. The van der Waals surface area contributed by atoms with E-state index in [0.29, 0.717) is 5.92 Å². The van der Waals surface area contributed by atoms with Crippen molar-refractivity contribution in [1.29, 1.82) is 0 Å². The van der Waals surface area contributed by atoms with Gasteiger partial charge in [0, 0.05) is 19.8 Å². The molecule has 1 heterocycles. The van der Waals surface area contributed by atoms with E-state index in [1.165, 1.54) is 19.3 Å². The Bertz CT molecular complexity index is 226. The highest BCUT2D eigenvalue weighted by Gasteiger charge is 2.43. The first kappa shape index (κ1) is 13.3. The number of aliphatic hydroxyl groups is 1. The van der Waals surface area contributed by atoms with Gasteiger partial charge < -0.3 is 14.6 Å². The van der Waals surface area contributed by atoms with Crippen molar-refractivity contribution in [2.24, 2.45) is 5.92 Å². The second kappa shape index (κ2) is 6.17. The molecule has 2 unspecified atom stereocenters. The minimum Gasteiger partial charge on any atom is -0.393 e. The normalized spacial score (nSPS) is 28.9. The Kier molecular flexibility index (Phi) is 4.83. The zero-order chi connectivity index (χ0) is 12.1. The van der Waals surface area contributed by atoms with E-state index in [-0.39, 0.29) is 11.7 Å². The predicted molar refractivity (Wildman–Crippen MR) is 67.0 cm³/mol. The first-order valence-corrected chi connectivity index (χ1v) is 7.15. The average Bonchev–Trinajstić information content (AvgIpc) is 2.32. The fraction of sp³-hybridized carbons (Fsp3) is 1.00. The van der Waals surface area contributed by atoms with E-state index in [0.717, 1.165) is 45.5 Å². The highest BCUT2D eigenvalue weighted by molar-refractivity contribution is 4.95. The van der Waals surface area contributed by atoms with Crippen LogP contribution in [0.1, 0.15) is 51.9 Å². The zero-order valence-electron chi connectivity index (χ0n) is 11.0. The van der Waals surface area contributed by atoms with Crippen molar-refractivity contribution >= 4 is 0 Å². The van der Waals surface area contributed by atoms with Crippen LogP contribution in [0.4, 0.5) is 0 Å². The summed E-state index contributed by atoms with van der Waals surface area (Å²) in [4.78, 5) is 0. The molecule has 1 saturated carbocycles. The minimum absolute atomic E-state index is 0.156. The van der Waals surface area contributed by atoms with E-state index in [4.69, 9.17) is 9.47 Å². The molecule has 0 radical (unpaired) electrons. The van der Waals surface area contributed by atoms with Crippen LogP contribution in [0, 0.1) is 5.92 Å². The molecule has 0 aromatic rings. The molecular formula is C14H26O3. The molecule has 2 aliphatic rings. The summed E-state index contributed by atoms with van der Waals surface area (Å²) < 4.78 is 11.2. The first-order chi connectivity index (χ1) is 8.26. The summed E-state index contributed by atoms with van der Waals surface area (Å²) >= 11 is 0. The number of ether oxygens (including phenoxy) is 2. The molecule has 0 bridgehead atoms. The van der Waals surface area contributed by atoms with E-state index in [1.54, 1.807) is 0 Å². The van der Waals surface area contributed by atoms with Crippen LogP contribution in [0.3, 0.4) is 0 Å². The maximum absolute atomic E-state index is 10.2. The van der Waals surface area contributed by atoms with Crippen LogP contribution in [-0.2, 0) is 9.47 Å². The van der Waals surface area contributed by atoms with Crippen LogP contribution in [0.15, 0.2) is 0 Å². The van der Waals surface area contributed by atoms with Gasteiger partial charge >= 0.3 is 0 Å². The molecule has 0 aromatic carbocycles. The van der Waals surface area contributed by atoms with E-state index < -0.39 is 0 Å². The Morgan fingerprint density at radius 3 is 2.94 bits per heavy atom. The van der Waals surface area contributed by atoms with Gasteiger partial charge in [-0.05, 0) is 57.8 Å². The fourth-order valence-electron chi connectivity index (χ4n) is 3.09. The molecule has 0 aromatic heterocycles. The Balaban J connectivity index is 1.69. The van der Waals surface area contributed by atoms with Crippen LogP contribution in [0.5, 0.6) is 0 Å². The van der Waals surface area contributed by atoms with Crippen molar-refractivity contribution < 1.29 is 14.6 Å². The van der Waals surface area contributed by atoms with Gasteiger partial charge in [0.1, 0.15) is 0 Å². The molecule has 1 N–H and O–H groups in total. The summed E-state index contributed by atoms with van der Waals surface area (Å²) in [5, 5.41) is 10.2. The van der Waals surface area contributed by atoms with Gasteiger partial charge in [-0.15, -0.1) is 0 Å². The molecule has 100 valence electrons. The summed E-state index contributed by atoms with van der Waals surface area (Å²) in [7, 11) is 0. The smallest absolute Gasteiger partial charge is 0.0686 e.